The van der Waals surface area contributed by atoms with E-state index in [-0.39, 0.29) is 17.5 Å². The minimum absolute atomic E-state index is 0.0733. The Morgan fingerprint density at radius 2 is 2.10 bits per heavy atom. The van der Waals surface area contributed by atoms with E-state index < -0.39 is 9.84 Å². The SMILES string of the molecule is CC(C)CN(Cc1ccccc1C#N)C1CCS(=O)(=O)C1. The summed E-state index contributed by atoms with van der Waals surface area (Å²) in [5.41, 5.74) is 1.65. The van der Waals surface area contributed by atoms with Gasteiger partial charge < -0.3 is 0 Å². The smallest absolute Gasteiger partial charge is 0.151 e. The number of hydrogen-bond acceptors (Lipinski definition) is 4. The molecule has 1 heterocycles. The molecule has 1 aliphatic rings. The zero-order valence-corrected chi connectivity index (χ0v) is 13.4. The highest BCUT2D eigenvalue weighted by Gasteiger charge is 2.32. The number of rotatable bonds is 5. The fourth-order valence-corrected chi connectivity index (χ4v) is 4.62. The Morgan fingerprint density at radius 3 is 2.67 bits per heavy atom. The van der Waals surface area contributed by atoms with Crippen LogP contribution >= 0.6 is 0 Å². The van der Waals surface area contributed by atoms with E-state index in [2.05, 4.69) is 24.8 Å². The summed E-state index contributed by atoms with van der Waals surface area (Å²) in [7, 11) is -2.89. The fraction of sp³-hybridized carbons (Fsp3) is 0.562. The van der Waals surface area contributed by atoms with Crippen LogP contribution < -0.4 is 0 Å². The van der Waals surface area contributed by atoms with Gasteiger partial charge in [0.15, 0.2) is 9.84 Å². The molecule has 1 atom stereocenters. The Labute approximate surface area is 127 Å². The first-order valence-electron chi connectivity index (χ1n) is 7.34. The van der Waals surface area contributed by atoms with Gasteiger partial charge in [-0.25, -0.2) is 8.42 Å². The largest absolute Gasteiger partial charge is 0.295 e. The maximum atomic E-state index is 11.7. The van der Waals surface area contributed by atoms with Gasteiger partial charge in [-0.3, -0.25) is 4.90 Å². The minimum atomic E-state index is -2.89. The lowest BCUT2D eigenvalue weighted by atomic mass is 10.1. The normalized spacial score (nSPS) is 20.8. The Hall–Kier alpha value is -1.38. The molecule has 0 aliphatic carbocycles. The van der Waals surface area contributed by atoms with Gasteiger partial charge >= 0.3 is 0 Å². The summed E-state index contributed by atoms with van der Waals surface area (Å²) in [6.07, 6.45) is 0.698. The molecule has 1 fully saturated rings. The molecule has 114 valence electrons. The van der Waals surface area contributed by atoms with Gasteiger partial charge in [0.1, 0.15) is 0 Å². The molecule has 21 heavy (non-hydrogen) atoms. The molecule has 0 radical (unpaired) electrons. The number of nitrogens with zero attached hydrogens (tertiary/aromatic N) is 2. The molecular formula is C16H22N2O2S. The lowest BCUT2D eigenvalue weighted by Gasteiger charge is -2.30. The van der Waals surface area contributed by atoms with E-state index in [0.717, 1.165) is 12.1 Å². The van der Waals surface area contributed by atoms with Gasteiger partial charge in [0.25, 0.3) is 0 Å². The van der Waals surface area contributed by atoms with Crippen LogP contribution in [0.2, 0.25) is 0 Å². The van der Waals surface area contributed by atoms with Crippen LogP contribution in [0.1, 0.15) is 31.4 Å². The standard InChI is InChI=1S/C16H22N2O2S/c1-13(2)10-18(16-7-8-21(19,20)12-16)11-15-6-4-3-5-14(15)9-17/h3-6,13,16H,7-8,10-12H2,1-2H3. The van der Waals surface area contributed by atoms with Crippen LogP contribution in [0, 0.1) is 17.2 Å². The van der Waals surface area contributed by atoms with E-state index in [4.69, 9.17) is 0 Å². The average molecular weight is 306 g/mol. The highest BCUT2D eigenvalue weighted by Crippen LogP contribution is 2.22. The molecule has 1 saturated heterocycles. The van der Waals surface area contributed by atoms with Crippen molar-refractivity contribution in [2.45, 2.75) is 32.9 Å². The second-order valence-corrected chi connectivity index (χ2v) is 8.38. The molecule has 0 aromatic heterocycles. The minimum Gasteiger partial charge on any atom is -0.295 e. The third-order valence-corrected chi connectivity index (χ3v) is 5.59. The first kappa shape index (κ1) is 16.0. The first-order chi connectivity index (χ1) is 9.91. The Balaban J connectivity index is 2.19. The van der Waals surface area contributed by atoms with E-state index in [1.807, 2.05) is 24.3 Å². The van der Waals surface area contributed by atoms with Crippen molar-refractivity contribution in [3.8, 4) is 6.07 Å². The highest BCUT2D eigenvalue weighted by atomic mass is 32.2. The molecular weight excluding hydrogens is 284 g/mol. The number of hydrogen-bond donors (Lipinski definition) is 0. The number of nitriles is 1. The van der Waals surface area contributed by atoms with Crippen molar-refractivity contribution in [3.63, 3.8) is 0 Å². The molecule has 1 unspecified atom stereocenters. The van der Waals surface area contributed by atoms with Crippen molar-refractivity contribution < 1.29 is 8.42 Å². The van der Waals surface area contributed by atoms with Gasteiger partial charge in [-0.05, 0) is 24.0 Å². The summed E-state index contributed by atoms with van der Waals surface area (Å²) in [4.78, 5) is 2.23. The van der Waals surface area contributed by atoms with Crippen LogP contribution in [-0.4, -0.2) is 37.4 Å². The van der Waals surface area contributed by atoms with E-state index in [0.29, 0.717) is 24.4 Å². The Kier molecular flexibility index (Phi) is 5.02. The second kappa shape index (κ2) is 6.59. The predicted molar refractivity (Wildman–Crippen MR) is 83.5 cm³/mol. The van der Waals surface area contributed by atoms with Crippen molar-refractivity contribution >= 4 is 9.84 Å². The number of benzene rings is 1. The third kappa shape index (κ3) is 4.29. The first-order valence-corrected chi connectivity index (χ1v) is 9.16. The highest BCUT2D eigenvalue weighted by molar-refractivity contribution is 7.91. The van der Waals surface area contributed by atoms with Gasteiger partial charge in [0.05, 0.1) is 23.1 Å². The van der Waals surface area contributed by atoms with Crippen LogP contribution in [-0.2, 0) is 16.4 Å². The maximum Gasteiger partial charge on any atom is 0.151 e. The van der Waals surface area contributed by atoms with Crippen LogP contribution in [0.25, 0.3) is 0 Å². The summed E-state index contributed by atoms with van der Waals surface area (Å²) in [6, 6.07) is 9.84. The van der Waals surface area contributed by atoms with E-state index >= 15 is 0 Å². The van der Waals surface area contributed by atoms with Gasteiger partial charge in [0.2, 0.25) is 0 Å². The summed E-state index contributed by atoms with van der Waals surface area (Å²) in [6.45, 7) is 5.75. The van der Waals surface area contributed by atoms with E-state index in [1.54, 1.807) is 0 Å². The van der Waals surface area contributed by atoms with Gasteiger partial charge in [-0.15, -0.1) is 0 Å². The summed E-state index contributed by atoms with van der Waals surface area (Å²) >= 11 is 0. The average Bonchev–Trinajstić information content (AvgIpc) is 2.78. The zero-order valence-electron chi connectivity index (χ0n) is 12.6. The van der Waals surface area contributed by atoms with E-state index in [1.165, 1.54) is 0 Å². The van der Waals surface area contributed by atoms with Crippen LogP contribution in [0.4, 0.5) is 0 Å². The fourth-order valence-electron chi connectivity index (χ4n) is 2.86. The molecule has 0 saturated carbocycles. The monoisotopic (exact) mass is 306 g/mol. The van der Waals surface area contributed by atoms with Crippen molar-refractivity contribution in [3.05, 3.63) is 35.4 Å². The molecule has 5 heteroatoms. The molecule has 0 bridgehead atoms. The zero-order chi connectivity index (χ0) is 15.5. The van der Waals surface area contributed by atoms with Gasteiger partial charge in [-0.2, -0.15) is 5.26 Å². The quantitative estimate of drug-likeness (QED) is 0.837. The van der Waals surface area contributed by atoms with Crippen molar-refractivity contribution in [2.75, 3.05) is 18.1 Å². The topological polar surface area (TPSA) is 61.2 Å². The Bertz CT molecular complexity index is 632. The Morgan fingerprint density at radius 1 is 1.38 bits per heavy atom. The second-order valence-electron chi connectivity index (χ2n) is 6.15. The molecule has 0 amide bonds. The summed E-state index contributed by atoms with van der Waals surface area (Å²) in [5, 5.41) is 9.20. The maximum absolute atomic E-state index is 11.7. The van der Waals surface area contributed by atoms with Crippen molar-refractivity contribution in [1.29, 1.82) is 5.26 Å². The van der Waals surface area contributed by atoms with Crippen LogP contribution in [0.5, 0.6) is 0 Å². The molecule has 0 N–H and O–H groups in total. The molecule has 1 aliphatic heterocycles. The summed E-state index contributed by atoms with van der Waals surface area (Å²) in [5.74, 6) is 0.989. The van der Waals surface area contributed by atoms with Gasteiger partial charge in [-0.1, -0.05) is 32.0 Å². The molecule has 1 aromatic carbocycles. The molecule has 4 nitrogen and oxygen atoms in total. The lowest BCUT2D eigenvalue weighted by molar-refractivity contribution is 0.181. The number of sulfone groups is 1. The summed E-state index contributed by atoms with van der Waals surface area (Å²) < 4.78 is 23.5. The third-order valence-electron chi connectivity index (χ3n) is 3.84. The van der Waals surface area contributed by atoms with Gasteiger partial charge in [0, 0.05) is 19.1 Å². The predicted octanol–water partition coefficient (Wildman–Crippen LogP) is 2.20. The van der Waals surface area contributed by atoms with Crippen LogP contribution in [0.3, 0.4) is 0 Å². The molecule has 2 rings (SSSR count). The molecule has 0 spiro atoms. The molecule has 1 aromatic rings. The lowest BCUT2D eigenvalue weighted by Crippen LogP contribution is -2.38. The van der Waals surface area contributed by atoms with Crippen molar-refractivity contribution in [1.82, 2.24) is 4.90 Å². The van der Waals surface area contributed by atoms with E-state index in [9.17, 15) is 13.7 Å². The van der Waals surface area contributed by atoms with Crippen LogP contribution in [0.15, 0.2) is 24.3 Å². The van der Waals surface area contributed by atoms with Crippen molar-refractivity contribution in [2.24, 2.45) is 5.92 Å².